The zero-order chi connectivity index (χ0) is 26.7. The zero-order valence-corrected chi connectivity index (χ0v) is 21.6. The predicted octanol–water partition coefficient (Wildman–Crippen LogP) is 4.76. The van der Waals surface area contributed by atoms with Crippen LogP contribution in [-0.4, -0.2) is 40.6 Å². The number of rotatable bonds is 5. The highest BCUT2D eigenvalue weighted by atomic mass is 79.9. The number of hydrogen-bond donors (Lipinski definition) is 0. The first kappa shape index (κ1) is 24.1. The molecule has 3 aliphatic rings. The number of benzene rings is 3. The van der Waals surface area contributed by atoms with Crippen LogP contribution in [0.4, 0.5) is 11.4 Å². The van der Waals surface area contributed by atoms with E-state index in [0.29, 0.717) is 15.8 Å². The third-order valence-corrected chi connectivity index (χ3v) is 8.10. The average Bonchev–Trinajstić information content (AvgIpc) is 3.40. The number of nitrogens with zero attached hydrogens (tertiary/aromatic N) is 3. The van der Waals surface area contributed by atoms with Gasteiger partial charge in [-0.15, -0.1) is 0 Å². The van der Waals surface area contributed by atoms with Crippen LogP contribution in [0, 0.1) is 22.0 Å². The number of ketones is 1. The molecule has 0 bridgehead atoms. The van der Waals surface area contributed by atoms with Crippen LogP contribution in [0.2, 0.25) is 0 Å². The van der Waals surface area contributed by atoms with Gasteiger partial charge in [-0.1, -0.05) is 24.3 Å². The van der Waals surface area contributed by atoms with Crippen molar-refractivity contribution in [3.05, 3.63) is 104 Å². The van der Waals surface area contributed by atoms with E-state index in [0.717, 1.165) is 16.0 Å². The summed E-state index contributed by atoms with van der Waals surface area (Å²) in [6, 6.07) is 16.4. The quantitative estimate of drug-likeness (QED) is 0.187. The molecule has 2 fully saturated rings. The first-order valence-electron chi connectivity index (χ1n) is 11.9. The third kappa shape index (κ3) is 3.47. The molecule has 4 atom stereocenters. The van der Waals surface area contributed by atoms with Crippen LogP contribution in [0.25, 0.3) is 6.08 Å². The molecular formula is C28H20BrN3O6. The topological polar surface area (TPSA) is 110 Å². The van der Waals surface area contributed by atoms with Crippen LogP contribution in [0.5, 0.6) is 5.75 Å². The lowest BCUT2D eigenvalue weighted by molar-refractivity contribution is -0.384. The molecule has 2 amide bonds. The number of Topliss-reactive ketones (excluding diaryl/α,β-unsaturated/α-hetero) is 1. The Kier molecular flexibility index (Phi) is 5.64. The number of non-ortho nitro benzene ring substituents is 1. The molecule has 6 rings (SSSR count). The Morgan fingerprint density at radius 3 is 2.39 bits per heavy atom. The predicted molar refractivity (Wildman–Crippen MR) is 141 cm³/mol. The Morgan fingerprint density at radius 2 is 1.71 bits per heavy atom. The molecule has 0 aliphatic carbocycles. The summed E-state index contributed by atoms with van der Waals surface area (Å²) in [5.74, 6) is -2.40. The van der Waals surface area contributed by atoms with Gasteiger partial charge in [0.2, 0.25) is 11.8 Å². The summed E-state index contributed by atoms with van der Waals surface area (Å²) in [6.45, 7) is 0. The zero-order valence-electron chi connectivity index (χ0n) is 20.0. The van der Waals surface area contributed by atoms with Gasteiger partial charge in [-0.3, -0.25) is 24.5 Å². The smallest absolute Gasteiger partial charge is 0.269 e. The van der Waals surface area contributed by atoms with E-state index in [1.54, 1.807) is 24.4 Å². The van der Waals surface area contributed by atoms with Crippen LogP contribution >= 0.6 is 15.9 Å². The number of imide groups is 1. The number of ether oxygens (including phenoxy) is 1. The van der Waals surface area contributed by atoms with Gasteiger partial charge in [0.25, 0.3) is 5.69 Å². The monoisotopic (exact) mass is 573 g/mol. The Balaban J connectivity index is 1.46. The lowest BCUT2D eigenvalue weighted by atomic mass is 9.83. The van der Waals surface area contributed by atoms with Crippen molar-refractivity contribution in [2.75, 3.05) is 12.0 Å². The van der Waals surface area contributed by atoms with Crippen molar-refractivity contribution in [1.82, 2.24) is 4.90 Å². The number of hydrogen-bond acceptors (Lipinski definition) is 7. The molecule has 3 aliphatic heterocycles. The number of nitro benzene ring substituents is 1. The molecular weight excluding hydrogens is 554 g/mol. The molecule has 0 radical (unpaired) electrons. The van der Waals surface area contributed by atoms with Crippen LogP contribution in [0.3, 0.4) is 0 Å². The van der Waals surface area contributed by atoms with Crippen LogP contribution in [0.1, 0.15) is 27.5 Å². The van der Waals surface area contributed by atoms with Gasteiger partial charge in [0.05, 0.1) is 40.1 Å². The van der Waals surface area contributed by atoms with Gasteiger partial charge in [-0.05, 0) is 63.5 Å². The minimum Gasteiger partial charge on any atom is -0.496 e. The second-order valence-corrected chi connectivity index (χ2v) is 10.2. The van der Waals surface area contributed by atoms with Crippen LogP contribution < -0.4 is 9.64 Å². The highest BCUT2D eigenvalue weighted by molar-refractivity contribution is 9.10. The standard InChI is InChI=1S/C28H20BrN3O6/c1-38-21-11-6-16(14-20(21)29)26(33)25-23-22(24-19-5-3-2-4-15(19)12-13-30(24)25)27(34)31(28(23)35)17-7-9-18(10-8-17)32(36)37/h2-14,22-25H,1H3/t22-,23+,24+,25+/m0/s1. The summed E-state index contributed by atoms with van der Waals surface area (Å²) in [5, 5.41) is 11.1. The number of fused-ring (bicyclic) bond motifs is 5. The summed E-state index contributed by atoms with van der Waals surface area (Å²) in [5.41, 5.74) is 2.25. The first-order chi connectivity index (χ1) is 18.3. The largest absolute Gasteiger partial charge is 0.496 e. The van der Waals surface area contributed by atoms with E-state index in [4.69, 9.17) is 4.74 Å². The molecule has 190 valence electrons. The lowest BCUT2D eigenvalue weighted by Gasteiger charge is -2.35. The Bertz CT molecular complexity index is 1550. The number of nitro groups is 1. The van der Waals surface area contributed by atoms with Gasteiger partial charge in [0.15, 0.2) is 5.78 Å². The van der Waals surface area contributed by atoms with Gasteiger partial charge < -0.3 is 9.64 Å². The van der Waals surface area contributed by atoms with Gasteiger partial charge in [-0.2, -0.15) is 0 Å². The minimum atomic E-state index is -0.938. The highest BCUT2D eigenvalue weighted by Crippen LogP contribution is 2.53. The number of methoxy groups -OCH3 is 1. The maximum Gasteiger partial charge on any atom is 0.269 e. The second kappa shape index (κ2) is 8.91. The SMILES string of the molecule is COc1ccc(C(=O)[C@H]2[C@@H]3C(=O)N(c4ccc([N+](=O)[O-])cc4)C(=O)[C@@H]3[C@H]3c4ccccc4C=CN32)cc1Br. The summed E-state index contributed by atoms with van der Waals surface area (Å²) < 4.78 is 5.88. The molecule has 0 N–H and O–H groups in total. The summed E-state index contributed by atoms with van der Waals surface area (Å²) in [6.07, 6.45) is 3.68. The van der Waals surface area contributed by atoms with E-state index < -0.39 is 40.7 Å². The summed E-state index contributed by atoms with van der Waals surface area (Å²) >= 11 is 3.43. The number of halogens is 1. The fourth-order valence-electron chi connectivity index (χ4n) is 5.83. The van der Waals surface area contributed by atoms with E-state index in [-0.39, 0.29) is 17.2 Å². The molecule has 10 heteroatoms. The van der Waals surface area contributed by atoms with Crippen molar-refractivity contribution in [2.24, 2.45) is 11.8 Å². The Morgan fingerprint density at radius 1 is 1.00 bits per heavy atom. The van der Waals surface area contributed by atoms with Gasteiger partial charge in [-0.25, -0.2) is 4.90 Å². The average molecular weight is 574 g/mol. The van der Waals surface area contributed by atoms with E-state index in [2.05, 4.69) is 15.9 Å². The molecule has 3 aromatic carbocycles. The number of carbonyl (C=O) groups is 3. The summed E-state index contributed by atoms with van der Waals surface area (Å²) in [4.78, 5) is 55.3. The van der Waals surface area contributed by atoms with Crippen molar-refractivity contribution in [3.63, 3.8) is 0 Å². The van der Waals surface area contributed by atoms with Gasteiger partial charge in [0, 0.05) is 23.9 Å². The second-order valence-electron chi connectivity index (χ2n) is 9.33. The van der Waals surface area contributed by atoms with Crippen molar-refractivity contribution >= 4 is 51.0 Å². The molecule has 0 spiro atoms. The lowest BCUT2D eigenvalue weighted by Crippen LogP contribution is -2.44. The van der Waals surface area contributed by atoms with Gasteiger partial charge in [0.1, 0.15) is 11.8 Å². The first-order valence-corrected chi connectivity index (χ1v) is 12.7. The molecule has 38 heavy (non-hydrogen) atoms. The molecule has 9 nitrogen and oxygen atoms in total. The maximum absolute atomic E-state index is 14.0. The van der Waals surface area contributed by atoms with E-state index in [9.17, 15) is 24.5 Å². The van der Waals surface area contributed by atoms with Crippen LogP contribution in [0.15, 0.2) is 77.4 Å². The molecule has 0 unspecified atom stereocenters. The number of carbonyl (C=O) groups excluding carboxylic acids is 3. The van der Waals surface area contributed by atoms with E-state index in [1.807, 2.05) is 35.2 Å². The molecule has 2 saturated heterocycles. The fourth-order valence-corrected chi connectivity index (χ4v) is 6.37. The van der Waals surface area contributed by atoms with Gasteiger partial charge >= 0.3 is 0 Å². The maximum atomic E-state index is 14.0. The molecule has 0 aromatic heterocycles. The Labute approximate surface area is 225 Å². The van der Waals surface area contributed by atoms with Crippen molar-refractivity contribution in [1.29, 1.82) is 0 Å². The third-order valence-electron chi connectivity index (χ3n) is 7.49. The fraction of sp³-hybridized carbons (Fsp3) is 0.179. The molecule has 3 heterocycles. The minimum absolute atomic E-state index is 0.149. The Hall–Kier alpha value is -4.31. The van der Waals surface area contributed by atoms with Crippen LogP contribution in [-0.2, 0) is 9.59 Å². The van der Waals surface area contributed by atoms with Crippen molar-refractivity contribution < 1.29 is 24.0 Å². The number of anilines is 1. The van der Waals surface area contributed by atoms with Crippen molar-refractivity contribution in [3.8, 4) is 5.75 Å². The normalized spacial score (nSPS) is 23.2. The van der Waals surface area contributed by atoms with E-state index >= 15 is 0 Å². The van der Waals surface area contributed by atoms with E-state index in [1.165, 1.54) is 31.4 Å². The molecule has 0 saturated carbocycles. The number of amides is 2. The molecule has 3 aromatic rings. The highest BCUT2D eigenvalue weighted by Gasteiger charge is 2.64. The summed E-state index contributed by atoms with van der Waals surface area (Å²) in [7, 11) is 1.53. The van der Waals surface area contributed by atoms with Crippen molar-refractivity contribution in [2.45, 2.75) is 12.1 Å².